The maximum atomic E-state index is 4.11. The fourth-order valence-electron chi connectivity index (χ4n) is 5.65. The van der Waals surface area contributed by atoms with E-state index in [2.05, 4.69) is 174 Å². The Labute approximate surface area is 279 Å². The second kappa shape index (κ2) is 18.3. The van der Waals surface area contributed by atoms with Crippen molar-refractivity contribution in [2.45, 2.75) is 67.7 Å². The highest BCUT2D eigenvalue weighted by molar-refractivity contribution is 5.73. The molecule has 0 saturated carbocycles. The van der Waals surface area contributed by atoms with Crippen LogP contribution in [-0.2, 0) is 0 Å². The highest BCUT2D eigenvalue weighted by Gasteiger charge is 2.13. The molecule has 0 fully saturated rings. The topological polar surface area (TPSA) is 0 Å². The molecule has 0 spiro atoms. The molecule has 0 atom stereocenters. The molecule has 0 radical (unpaired) electrons. The molecule has 0 bridgehead atoms. The van der Waals surface area contributed by atoms with Crippen LogP contribution in [0, 0.1) is 0 Å². The number of benzene rings is 3. The number of hydrogen-bond acceptors (Lipinski definition) is 0. The van der Waals surface area contributed by atoms with Crippen LogP contribution in [0.1, 0.15) is 78.9 Å². The van der Waals surface area contributed by atoms with Crippen molar-refractivity contribution in [3.05, 3.63) is 201 Å². The predicted octanol–water partition coefficient (Wildman–Crippen LogP) is 11.7. The Kier molecular flexibility index (Phi) is 14.3. The van der Waals surface area contributed by atoms with E-state index in [0.29, 0.717) is 0 Å². The summed E-state index contributed by atoms with van der Waals surface area (Å²) in [5.74, 6) is 0. The van der Waals surface area contributed by atoms with Crippen LogP contribution in [0.3, 0.4) is 0 Å². The average Bonchev–Trinajstić information content (AvgIpc) is 3.05. The third-order valence-corrected chi connectivity index (χ3v) is 7.97. The van der Waals surface area contributed by atoms with Gasteiger partial charge in [0, 0.05) is 0 Å². The number of allylic oxidation sites excluding steroid dienone is 15. The maximum absolute atomic E-state index is 4.11. The highest BCUT2D eigenvalue weighted by Crippen LogP contribution is 2.29. The van der Waals surface area contributed by atoms with Gasteiger partial charge in [-0.1, -0.05) is 173 Å². The largest absolute Gasteiger partial charge is 0.0961 e. The van der Waals surface area contributed by atoms with Gasteiger partial charge >= 0.3 is 0 Å². The van der Waals surface area contributed by atoms with Crippen molar-refractivity contribution in [2.24, 2.45) is 0 Å². The standard InChI is InChI=1S/C45H48.CH4/c1-7-9-20-36(19-8-2)45(33-40(35(5)6)30-29-34(3)4)39-25-18-28-41(37-21-12-10-13-22-37)43-26-16-17-27-44(43)42(32-31-39)38-23-14-11-15-24-38;/h9-27,29-31,33H,3,7-8,28,32H2,1-2,4-6H3;1H4/b20-9-,25-18-,30-29-,36-19+,39-31+,43-41+,44-42+,45-33+;. The van der Waals surface area contributed by atoms with E-state index in [1.165, 1.54) is 60.6 Å². The van der Waals surface area contributed by atoms with E-state index in [1.807, 2.05) is 6.92 Å². The second-order valence-corrected chi connectivity index (χ2v) is 11.8. The summed E-state index contributed by atoms with van der Waals surface area (Å²) >= 11 is 0. The SMILES string of the molecule is C.C=C(C)/C=C\C(/C=C(C(\C=C/CC)=C\CC)/C1=C/C/C(c2ccccc2)=c2/cccc/c2=C(\c2ccccc2)C/C=C\1)=C(C)C. The van der Waals surface area contributed by atoms with Crippen LogP contribution in [-0.4, -0.2) is 0 Å². The van der Waals surface area contributed by atoms with Crippen molar-refractivity contribution >= 4 is 11.1 Å². The van der Waals surface area contributed by atoms with Gasteiger partial charge in [-0.3, -0.25) is 0 Å². The van der Waals surface area contributed by atoms with Gasteiger partial charge in [-0.15, -0.1) is 0 Å². The van der Waals surface area contributed by atoms with Crippen LogP contribution in [0.2, 0.25) is 0 Å². The van der Waals surface area contributed by atoms with E-state index in [0.717, 1.165) is 31.3 Å². The lowest BCUT2D eigenvalue weighted by Gasteiger charge is -2.16. The lowest BCUT2D eigenvalue weighted by atomic mass is 9.88. The molecule has 4 rings (SSSR count). The summed E-state index contributed by atoms with van der Waals surface area (Å²) in [5.41, 5.74) is 12.4. The van der Waals surface area contributed by atoms with E-state index < -0.39 is 0 Å². The fraction of sp³-hybridized carbons (Fsp3) is 0.217. The molecule has 0 nitrogen and oxygen atoms in total. The first-order valence-corrected chi connectivity index (χ1v) is 16.3. The molecule has 0 aliphatic heterocycles. The number of hydrogen-bond donors (Lipinski definition) is 0. The van der Waals surface area contributed by atoms with Crippen molar-refractivity contribution in [3.63, 3.8) is 0 Å². The molecule has 0 aromatic heterocycles. The predicted molar refractivity (Wildman–Crippen MR) is 205 cm³/mol. The third-order valence-electron chi connectivity index (χ3n) is 7.97. The molecule has 0 unspecified atom stereocenters. The first-order chi connectivity index (χ1) is 21.9. The highest BCUT2D eigenvalue weighted by atomic mass is 14.2. The van der Waals surface area contributed by atoms with Gasteiger partial charge < -0.3 is 0 Å². The lowest BCUT2D eigenvalue weighted by molar-refractivity contribution is 1.18. The Balaban J connectivity index is 0.00000576. The van der Waals surface area contributed by atoms with Crippen molar-refractivity contribution in [2.75, 3.05) is 0 Å². The summed E-state index contributed by atoms with van der Waals surface area (Å²) in [6.07, 6.45) is 24.3. The summed E-state index contributed by atoms with van der Waals surface area (Å²) in [6.45, 7) is 14.9. The summed E-state index contributed by atoms with van der Waals surface area (Å²) in [4.78, 5) is 0. The molecule has 1 aliphatic rings. The van der Waals surface area contributed by atoms with E-state index >= 15 is 0 Å². The van der Waals surface area contributed by atoms with E-state index in [1.54, 1.807) is 0 Å². The zero-order chi connectivity index (χ0) is 32.0. The zero-order valence-corrected chi connectivity index (χ0v) is 27.8. The third kappa shape index (κ3) is 9.66. The van der Waals surface area contributed by atoms with Gasteiger partial charge in [-0.25, -0.2) is 0 Å². The second-order valence-electron chi connectivity index (χ2n) is 11.8. The minimum atomic E-state index is 0. The van der Waals surface area contributed by atoms with Crippen LogP contribution in [0.25, 0.3) is 11.1 Å². The molecule has 3 aromatic rings. The van der Waals surface area contributed by atoms with Crippen LogP contribution in [0.15, 0.2) is 180 Å². The van der Waals surface area contributed by atoms with Gasteiger partial charge in [-0.2, -0.15) is 0 Å². The van der Waals surface area contributed by atoms with Gasteiger partial charge in [0.25, 0.3) is 0 Å². The molecule has 0 heteroatoms. The van der Waals surface area contributed by atoms with Gasteiger partial charge in [0.15, 0.2) is 0 Å². The number of fused-ring (bicyclic) bond motifs is 1. The van der Waals surface area contributed by atoms with Crippen molar-refractivity contribution in [3.8, 4) is 0 Å². The number of rotatable bonds is 10. The van der Waals surface area contributed by atoms with Crippen LogP contribution in [0.5, 0.6) is 0 Å². The Morgan fingerprint density at radius 1 is 0.696 bits per heavy atom. The maximum Gasteiger partial charge on any atom is -0.00761 e. The van der Waals surface area contributed by atoms with Crippen LogP contribution < -0.4 is 10.4 Å². The van der Waals surface area contributed by atoms with E-state index in [-0.39, 0.29) is 7.43 Å². The molecule has 0 heterocycles. The van der Waals surface area contributed by atoms with Crippen molar-refractivity contribution in [1.82, 2.24) is 0 Å². The summed E-state index contributed by atoms with van der Waals surface area (Å²) in [6, 6.07) is 30.7. The molecular weight excluding hydrogens is 553 g/mol. The molecular formula is C46H52. The van der Waals surface area contributed by atoms with Gasteiger partial charge in [0.2, 0.25) is 0 Å². The molecule has 0 amide bonds. The van der Waals surface area contributed by atoms with E-state index in [9.17, 15) is 0 Å². The fourth-order valence-corrected chi connectivity index (χ4v) is 5.65. The van der Waals surface area contributed by atoms with Gasteiger partial charge in [-0.05, 0) is 108 Å². The van der Waals surface area contributed by atoms with E-state index in [4.69, 9.17) is 0 Å². The lowest BCUT2D eigenvalue weighted by Crippen LogP contribution is -2.30. The Morgan fingerprint density at radius 2 is 1.26 bits per heavy atom. The zero-order valence-electron chi connectivity index (χ0n) is 27.8. The summed E-state index contributed by atoms with van der Waals surface area (Å²) in [5, 5.41) is 2.59. The Morgan fingerprint density at radius 3 is 1.78 bits per heavy atom. The molecule has 1 aliphatic carbocycles. The monoisotopic (exact) mass is 604 g/mol. The molecule has 46 heavy (non-hydrogen) atoms. The van der Waals surface area contributed by atoms with Crippen LogP contribution in [0.4, 0.5) is 0 Å². The average molecular weight is 605 g/mol. The first kappa shape index (κ1) is 35.8. The van der Waals surface area contributed by atoms with Crippen molar-refractivity contribution in [1.29, 1.82) is 0 Å². The van der Waals surface area contributed by atoms with Crippen molar-refractivity contribution < 1.29 is 0 Å². The summed E-state index contributed by atoms with van der Waals surface area (Å²) < 4.78 is 0. The quantitative estimate of drug-likeness (QED) is 0.202. The molecule has 0 saturated heterocycles. The first-order valence-electron chi connectivity index (χ1n) is 16.3. The minimum absolute atomic E-state index is 0. The Hall–Kier alpha value is -4.68. The Bertz CT molecular complexity index is 1810. The molecule has 3 aromatic carbocycles. The molecule has 236 valence electrons. The van der Waals surface area contributed by atoms with Gasteiger partial charge in [0.05, 0.1) is 0 Å². The molecule has 0 N–H and O–H groups in total. The normalized spacial score (nSPS) is 18.3. The minimum Gasteiger partial charge on any atom is -0.0961 e. The smallest absolute Gasteiger partial charge is 0.00761 e. The van der Waals surface area contributed by atoms with Crippen LogP contribution >= 0.6 is 0 Å². The summed E-state index contributed by atoms with van der Waals surface area (Å²) in [7, 11) is 0. The van der Waals surface area contributed by atoms with Gasteiger partial charge in [0.1, 0.15) is 0 Å².